The lowest BCUT2D eigenvalue weighted by atomic mass is 10.0. The zero-order chi connectivity index (χ0) is 21.7. The first-order valence-electron chi connectivity index (χ1n) is 9.66. The van der Waals surface area contributed by atoms with Crippen LogP contribution in [0.3, 0.4) is 0 Å². The molecule has 0 unspecified atom stereocenters. The van der Waals surface area contributed by atoms with Crippen molar-refractivity contribution in [1.82, 2.24) is 4.98 Å². The highest BCUT2D eigenvalue weighted by Crippen LogP contribution is 2.35. The Hall–Kier alpha value is -2.51. The van der Waals surface area contributed by atoms with E-state index in [9.17, 15) is 13.9 Å². The molecule has 30 heavy (non-hydrogen) atoms. The number of aromatic hydroxyl groups is 1. The molecule has 0 aliphatic carbocycles. The molecule has 158 valence electrons. The first-order chi connectivity index (χ1) is 14.3. The molecule has 0 saturated heterocycles. The monoisotopic (exact) mass is 476 g/mol. The minimum Gasteiger partial charge on any atom is -0.507 e. The van der Waals surface area contributed by atoms with Crippen molar-refractivity contribution in [2.24, 2.45) is 0 Å². The Morgan fingerprint density at radius 3 is 2.53 bits per heavy atom. The first-order valence-corrected chi connectivity index (χ1v) is 10.5. The molecule has 3 rings (SSSR count). The van der Waals surface area contributed by atoms with E-state index in [-0.39, 0.29) is 17.4 Å². The molecule has 0 saturated carbocycles. The summed E-state index contributed by atoms with van der Waals surface area (Å²) < 4.78 is 35.1. The Balaban J connectivity index is 1.99. The maximum atomic E-state index is 14.4. The van der Waals surface area contributed by atoms with Gasteiger partial charge in [0.25, 0.3) is 0 Å². The number of pyridine rings is 1. The molecule has 1 aromatic heterocycles. The summed E-state index contributed by atoms with van der Waals surface area (Å²) >= 11 is 3.38. The predicted molar refractivity (Wildman–Crippen MR) is 119 cm³/mol. The maximum absolute atomic E-state index is 14.4. The molecule has 0 aliphatic rings. The van der Waals surface area contributed by atoms with Gasteiger partial charge < -0.3 is 15.2 Å². The molecular weight excluding hydrogens is 454 g/mol. The molecule has 0 aliphatic heterocycles. The van der Waals surface area contributed by atoms with Crippen LogP contribution in [0.1, 0.15) is 20.3 Å². The van der Waals surface area contributed by atoms with Crippen molar-refractivity contribution in [2.45, 2.75) is 26.4 Å². The van der Waals surface area contributed by atoms with Crippen LogP contribution in [0.15, 0.2) is 53.0 Å². The van der Waals surface area contributed by atoms with Crippen molar-refractivity contribution in [3.8, 4) is 28.1 Å². The molecule has 7 heteroatoms. The van der Waals surface area contributed by atoms with Crippen LogP contribution in [0.2, 0.25) is 0 Å². The minimum absolute atomic E-state index is 0.0214. The van der Waals surface area contributed by atoms with Crippen molar-refractivity contribution in [1.29, 1.82) is 0 Å². The lowest BCUT2D eigenvalue weighted by molar-refractivity contribution is 0.0787. The van der Waals surface area contributed by atoms with Crippen LogP contribution in [0, 0.1) is 11.6 Å². The van der Waals surface area contributed by atoms with Crippen molar-refractivity contribution in [3.05, 3.63) is 64.6 Å². The number of aromatic nitrogens is 1. The number of nitrogens with zero attached hydrogens (tertiary/aromatic N) is 1. The van der Waals surface area contributed by atoms with Gasteiger partial charge in [0.05, 0.1) is 17.4 Å². The second kappa shape index (κ2) is 10.00. The van der Waals surface area contributed by atoms with Crippen LogP contribution in [-0.4, -0.2) is 29.3 Å². The summed E-state index contributed by atoms with van der Waals surface area (Å²) in [5.41, 5.74) is 1.04. The van der Waals surface area contributed by atoms with Gasteiger partial charge in [-0.25, -0.2) is 13.8 Å². The number of hydrogen-bond acceptors (Lipinski definition) is 4. The second-order valence-corrected chi connectivity index (χ2v) is 8.00. The third-order valence-electron chi connectivity index (χ3n) is 4.39. The molecule has 0 radical (unpaired) electrons. The molecule has 0 bridgehead atoms. The smallest absolute Gasteiger partial charge is 0.133 e. The minimum atomic E-state index is -0.665. The average Bonchev–Trinajstić information content (AvgIpc) is 2.69. The van der Waals surface area contributed by atoms with Gasteiger partial charge in [-0.3, -0.25) is 0 Å². The average molecular weight is 477 g/mol. The fourth-order valence-corrected chi connectivity index (χ4v) is 3.36. The third-order valence-corrected chi connectivity index (χ3v) is 4.88. The van der Waals surface area contributed by atoms with Gasteiger partial charge in [0.1, 0.15) is 23.2 Å². The summed E-state index contributed by atoms with van der Waals surface area (Å²) in [6, 6.07) is 11.9. The molecule has 0 spiro atoms. The van der Waals surface area contributed by atoms with Gasteiger partial charge in [0.2, 0.25) is 0 Å². The Morgan fingerprint density at radius 2 is 1.83 bits per heavy atom. The Kier molecular flexibility index (Phi) is 7.39. The summed E-state index contributed by atoms with van der Waals surface area (Å²) in [7, 11) is 0. The Labute approximate surface area is 183 Å². The lowest BCUT2D eigenvalue weighted by Gasteiger charge is -2.14. The van der Waals surface area contributed by atoms with Crippen molar-refractivity contribution in [3.63, 3.8) is 0 Å². The van der Waals surface area contributed by atoms with Crippen LogP contribution >= 0.6 is 15.9 Å². The number of phenolic OH excluding ortho intramolecular Hbond substituents is 1. The second-order valence-electron chi connectivity index (χ2n) is 7.08. The first kappa shape index (κ1) is 22.2. The maximum Gasteiger partial charge on any atom is 0.133 e. The van der Waals surface area contributed by atoms with E-state index in [1.54, 1.807) is 24.3 Å². The van der Waals surface area contributed by atoms with E-state index >= 15 is 0 Å². The van der Waals surface area contributed by atoms with Gasteiger partial charge in [-0.05, 0) is 68.3 Å². The van der Waals surface area contributed by atoms with E-state index in [0.717, 1.165) is 10.9 Å². The molecule has 0 amide bonds. The highest BCUT2D eigenvalue weighted by atomic mass is 79.9. The fraction of sp³-hybridized carbons (Fsp3) is 0.261. The number of halogens is 3. The van der Waals surface area contributed by atoms with E-state index in [1.165, 1.54) is 24.3 Å². The number of phenols is 1. The lowest BCUT2D eigenvalue weighted by Crippen LogP contribution is -2.10. The quantitative estimate of drug-likeness (QED) is 0.370. The normalized spacial score (nSPS) is 11.1. The zero-order valence-electron chi connectivity index (χ0n) is 16.8. The van der Waals surface area contributed by atoms with Gasteiger partial charge in [0, 0.05) is 23.2 Å². The van der Waals surface area contributed by atoms with Gasteiger partial charge >= 0.3 is 0 Å². The van der Waals surface area contributed by atoms with E-state index in [4.69, 9.17) is 4.74 Å². The zero-order valence-corrected chi connectivity index (χ0v) is 18.3. The van der Waals surface area contributed by atoms with Crippen LogP contribution < -0.4 is 5.32 Å². The fourth-order valence-electron chi connectivity index (χ4n) is 3.00. The van der Waals surface area contributed by atoms with Gasteiger partial charge in [-0.1, -0.05) is 22.0 Å². The number of anilines is 1. The van der Waals surface area contributed by atoms with Gasteiger partial charge in [-0.2, -0.15) is 0 Å². The third kappa shape index (κ3) is 5.55. The summed E-state index contributed by atoms with van der Waals surface area (Å²) in [6.45, 7) is 5.11. The SMILES string of the molecule is CC(C)OCCCNc1cc(-c2c(F)cccc2F)cc(-c2cc(Br)ccc2O)n1. The number of rotatable bonds is 8. The van der Waals surface area contributed by atoms with Gasteiger partial charge in [-0.15, -0.1) is 0 Å². The highest BCUT2D eigenvalue weighted by molar-refractivity contribution is 9.10. The van der Waals surface area contributed by atoms with E-state index in [0.29, 0.717) is 35.8 Å². The van der Waals surface area contributed by atoms with Crippen LogP contribution in [-0.2, 0) is 4.74 Å². The van der Waals surface area contributed by atoms with Crippen molar-refractivity contribution >= 4 is 21.7 Å². The van der Waals surface area contributed by atoms with Crippen LogP contribution in [0.5, 0.6) is 5.75 Å². The summed E-state index contributed by atoms with van der Waals surface area (Å²) in [5.74, 6) is -0.856. The molecule has 1 heterocycles. The number of nitrogens with one attached hydrogen (secondary N) is 1. The Morgan fingerprint density at radius 1 is 1.10 bits per heavy atom. The van der Waals surface area contributed by atoms with Crippen molar-refractivity contribution < 1.29 is 18.6 Å². The number of benzene rings is 2. The largest absolute Gasteiger partial charge is 0.507 e. The summed E-state index contributed by atoms with van der Waals surface area (Å²) in [5, 5.41) is 13.5. The molecule has 0 fully saturated rings. The number of hydrogen-bond donors (Lipinski definition) is 2. The van der Waals surface area contributed by atoms with E-state index in [1.807, 2.05) is 13.8 Å². The van der Waals surface area contributed by atoms with Gasteiger partial charge in [0.15, 0.2) is 0 Å². The molecular formula is C23H23BrF2N2O2. The molecule has 2 N–H and O–H groups in total. The summed E-state index contributed by atoms with van der Waals surface area (Å²) in [6.07, 6.45) is 0.900. The van der Waals surface area contributed by atoms with Crippen molar-refractivity contribution in [2.75, 3.05) is 18.5 Å². The molecule has 3 aromatic rings. The van der Waals surface area contributed by atoms with Crippen LogP contribution in [0.25, 0.3) is 22.4 Å². The molecule has 2 aromatic carbocycles. The Bertz CT molecular complexity index is 1010. The molecule has 4 nitrogen and oxygen atoms in total. The van der Waals surface area contributed by atoms with Crippen LogP contribution in [0.4, 0.5) is 14.6 Å². The standard InChI is InChI=1S/C23H23BrF2N2O2/c1-14(2)30-10-4-9-27-22-12-15(23-18(25)5-3-6-19(23)26)11-20(28-22)17-13-16(24)7-8-21(17)29/h3,5-8,11-14,29H,4,9-10H2,1-2H3,(H,27,28). The van der Waals surface area contributed by atoms with E-state index in [2.05, 4.69) is 26.2 Å². The topological polar surface area (TPSA) is 54.4 Å². The van der Waals surface area contributed by atoms with E-state index < -0.39 is 11.6 Å². The molecule has 0 atom stereocenters. The predicted octanol–water partition coefficient (Wildman–Crippen LogP) is 6.39. The summed E-state index contributed by atoms with van der Waals surface area (Å²) in [4.78, 5) is 4.55. The number of ether oxygens (including phenoxy) is 1. The highest BCUT2D eigenvalue weighted by Gasteiger charge is 2.16.